The zero-order chi connectivity index (χ0) is 16.4. The third-order valence-electron chi connectivity index (χ3n) is 3.28. The van der Waals surface area contributed by atoms with Crippen molar-refractivity contribution >= 4 is 29.1 Å². The standard InChI is InChI=1S/C15H12ClF2N5/c16-9-4-6-10(7-5-9)23-8-20-14(21-15(23)22-19)13-11(17)2-1-3-12(13)18/h1-7H,8,19H2,(H,20,21,22). The van der Waals surface area contributed by atoms with Crippen LogP contribution in [0.4, 0.5) is 14.5 Å². The molecule has 0 saturated heterocycles. The summed E-state index contributed by atoms with van der Waals surface area (Å²) >= 11 is 5.86. The summed E-state index contributed by atoms with van der Waals surface area (Å²) < 4.78 is 27.7. The van der Waals surface area contributed by atoms with Gasteiger partial charge in [-0.25, -0.2) is 19.6 Å². The molecule has 3 rings (SSSR count). The van der Waals surface area contributed by atoms with Crippen molar-refractivity contribution in [1.29, 1.82) is 0 Å². The first kappa shape index (κ1) is 15.4. The van der Waals surface area contributed by atoms with Crippen LogP contribution in [0.25, 0.3) is 0 Å². The van der Waals surface area contributed by atoms with Gasteiger partial charge in [0.1, 0.15) is 18.3 Å². The Kier molecular flexibility index (Phi) is 4.22. The molecule has 0 atom stereocenters. The Hall–Kier alpha value is -2.51. The summed E-state index contributed by atoms with van der Waals surface area (Å²) in [6.07, 6.45) is 0. The Bertz CT molecular complexity index is 769. The molecule has 0 amide bonds. The molecule has 23 heavy (non-hydrogen) atoms. The number of hydrogen-bond acceptors (Lipinski definition) is 5. The molecule has 0 aliphatic carbocycles. The van der Waals surface area contributed by atoms with E-state index in [1.165, 1.54) is 6.07 Å². The number of nitrogens with one attached hydrogen (secondary N) is 1. The lowest BCUT2D eigenvalue weighted by Crippen LogP contribution is -2.47. The second-order valence-electron chi connectivity index (χ2n) is 4.70. The summed E-state index contributed by atoms with van der Waals surface area (Å²) in [6.45, 7) is 0.105. The van der Waals surface area contributed by atoms with E-state index in [9.17, 15) is 8.78 Å². The minimum absolute atomic E-state index is 0.0567. The van der Waals surface area contributed by atoms with Crippen LogP contribution in [0.3, 0.4) is 0 Å². The Morgan fingerprint density at radius 1 is 1.09 bits per heavy atom. The van der Waals surface area contributed by atoms with Crippen LogP contribution >= 0.6 is 11.6 Å². The molecule has 3 N–H and O–H groups in total. The van der Waals surface area contributed by atoms with Gasteiger partial charge in [-0.3, -0.25) is 10.3 Å². The molecule has 0 bridgehead atoms. The predicted molar refractivity (Wildman–Crippen MR) is 86.5 cm³/mol. The van der Waals surface area contributed by atoms with E-state index in [0.29, 0.717) is 5.02 Å². The summed E-state index contributed by atoms with van der Waals surface area (Å²) in [5, 5.41) is 0.586. The fraction of sp³-hybridized carbons (Fsp3) is 0.0667. The molecule has 2 aromatic rings. The van der Waals surface area contributed by atoms with Gasteiger partial charge in [-0.1, -0.05) is 17.7 Å². The van der Waals surface area contributed by atoms with E-state index >= 15 is 0 Å². The van der Waals surface area contributed by atoms with Gasteiger partial charge >= 0.3 is 0 Å². The van der Waals surface area contributed by atoms with Gasteiger partial charge in [0.05, 0.1) is 5.56 Å². The molecule has 1 heterocycles. The number of aliphatic imine (C=N–C) groups is 2. The first-order chi connectivity index (χ1) is 11.1. The van der Waals surface area contributed by atoms with Gasteiger partial charge < -0.3 is 0 Å². The van der Waals surface area contributed by atoms with Crippen LogP contribution in [0.1, 0.15) is 5.56 Å². The monoisotopic (exact) mass is 335 g/mol. The van der Waals surface area contributed by atoms with Gasteiger partial charge in [0.15, 0.2) is 5.84 Å². The number of nitrogens with zero attached hydrogens (tertiary/aromatic N) is 3. The normalized spacial score (nSPS) is 14.3. The Morgan fingerprint density at radius 3 is 2.35 bits per heavy atom. The topological polar surface area (TPSA) is 66.0 Å². The second-order valence-corrected chi connectivity index (χ2v) is 5.14. The van der Waals surface area contributed by atoms with Crippen LogP contribution in [-0.4, -0.2) is 18.5 Å². The number of halogens is 3. The zero-order valence-corrected chi connectivity index (χ0v) is 12.6. The van der Waals surface area contributed by atoms with E-state index in [4.69, 9.17) is 17.4 Å². The quantitative estimate of drug-likeness (QED) is 0.655. The molecule has 0 saturated carbocycles. The molecule has 0 spiro atoms. The maximum atomic E-state index is 13.9. The lowest BCUT2D eigenvalue weighted by molar-refractivity contribution is 0.578. The molecule has 1 aliphatic rings. The number of benzene rings is 2. The Balaban J connectivity index is 1.97. The molecule has 0 fully saturated rings. The van der Waals surface area contributed by atoms with Crippen molar-refractivity contribution in [2.45, 2.75) is 0 Å². The third-order valence-corrected chi connectivity index (χ3v) is 3.54. The number of rotatable bonds is 2. The number of nitrogens with two attached hydrogens (primary N) is 1. The van der Waals surface area contributed by atoms with E-state index in [1.807, 2.05) is 0 Å². The number of hydrazine groups is 1. The average molecular weight is 336 g/mol. The minimum atomic E-state index is -0.733. The molecule has 118 valence electrons. The molecule has 8 heteroatoms. The van der Waals surface area contributed by atoms with Crippen molar-refractivity contribution in [3.05, 3.63) is 64.7 Å². The van der Waals surface area contributed by atoms with Crippen molar-refractivity contribution in [2.24, 2.45) is 15.8 Å². The van der Waals surface area contributed by atoms with Crippen LogP contribution in [0.5, 0.6) is 0 Å². The van der Waals surface area contributed by atoms with E-state index in [2.05, 4.69) is 15.4 Å². The van der Waals surface area contributed by atoms with E-state index in [1.54, 1.807) is 29.2 Å². The molecular formula is C15H12ClF2N5. The van der Waals surface area contributed by atoms with Gasteiger partial charge in [0.25, 0.3) is 0 Å². The summed E-state index contributed by atoms with van der Waals surface area (Å²) in [5.41, 5.74) is 2.88. The molecule has 0 radical (unpaired) electrons. The highest BCUT2D eigenvalue weighted by molar-refractivity contribution is 6.30. The van der Waals surface area contributed by atoms with Crippen LogP contribution in [0.15, 0.2) is 52.4 Å². The van der Waals surface area contributed by atoms with Gasteiger partial charge in [0, 0.05) is 10.7 Å². The highest BCUT2D eigenvalue weighted by atomic mass is 35.5. The lowest BCUT2D eigenvalue weighted by Gasteiger charge is -2.27. The number of hydrogen-bond donors (Lipinski definition) is 2. The summed E-state index contributed by atoms with van der Waals surface area (Å²) in [4.78, 5) is 9.91. The SMILES string of the molecule is NNC1=NC(c2c(F)cccc2F)=NCN1c1ccc(Cl)cc1. The van der Waals surface area contributed by atoms with E-state index in [-0.39, 0.29) is 24.0 Å². The van der Waals surface area contributed by atoms with Gasteiger partial charge in [-0.15, -0.1) is 0 Å². The molecule has 5 nitrogen and oxygen atoms in total. The van der Waals surface area contributed by atoms with Gasteiger partial charge in [-0.05, 0) is 36.4 Å². The average Bonchev–Trinajstić information content (AvgIpc) is 2.55. The van der Waals surface area contributed by atoms with Crippen LogP contribution in [0, 0.1) is 11.6 Å². The first-order valence-electron chi connectivity index (χ1n) is 6.67. The van der Waals surface area contributed by atoms with Crippen LogP contribution < -0.4 is 16.2 Å². The fourth-order valence-corrected chi connectivity index (χ4v) is 2.31. The second kappa shape index (κ2) is 6.31. The van der Waals surface area contributed by atoms with E-state index in [0.717, 1.165) is 17.8 Å². The highest BCUT2D eigenvalue weighted by Gasteiger charge is 2.22. The smallest absolute Gasteiger partial charge is 0.221 e. The Labute approximate surface area is 136 Å². The first-order valence-corrected chi connectivity index (χ1v) is 7.05. The summed E-state index contributed by atoms with van der Waals surface area (Å²) in [6, 6.07) is 10.5. The number of amidine groups is 1. The van der Waals surface area contributed by atoms with Crippen molar-refractivity contribution in [3.63, 3.8) is 0 Å². The lowest BCUT2D eigenvalue weighted by atomic mass is 10.1. The predicted octanol–water partition coefficient (Wildman–Crippen LogP) is 2.66. The third kappa shape index (κ3) is 3.01. The van der Waals surface area contributed by atoms with Crippen molar-refractivity contribution < 1.29 is 8.78 Å². The van der Waals surface area contributed by atoms with Gasteiger partial charge in [0.2, 0.25) is 5.96 Å². The minimum Gasteiger partial charge on any atom is -0.294 e. The Morgan fingerprint density at radius 2 is 1.74 bits per heavy atom. The van der Waals surface area contributed by atoms with Crippen LogP contribution in [0.2, 0.25) is 5.02 Å². The highest BCUT2D eigenvalue weighted by Crippen LogP contribution is 2.21. The molecular weight excluding hydrogens is 324 g/mol. The molecule has 0 aromatic heterocycles. The van der Waals surface area contributed by atoms with Crippen molar-refractivity contribution in [3.8, 4) is 0 Å². The van der Waals surface area contributed by atoms with Crippen LogP contribution in [-0.2, 0) is 0 Å². The number of anilines is 1. The summed E-state index contributed by atoms with van der Waals surface area (Å²) in [5.74, 6) is 4.19. The van der Waals surface area contributed by atoms with Crippen molar-refractivity contribution in [2.75, 3.05) is 11.6 Å². The molecule has 1 aliphatic heterocycles. The van der Waals surface area contributed by atoms with E-state index < -0.39 is 11.6 Å². The maximum Gasteiger partial charge on any atom is 0.221 e. The maximum absolute atomic E-state index is 13.9. The number of guanidine groups is 1. The molecule has 2 aromatic carbocycles. The summed E-state index contributed by atoms with van der Waals surface area (Å²) in [7, 11) is 0. The van der Waals surface area contributed by atoms with Crippen molar-refractivity contribution in [1.82, 2.24) is 5.43 Å². The zero-order valence-electron chi connectivity index (χ0n) is 11.8. The largest absolute Gasteiger partial charge is 0.294 e. The molecule has 0 unspecified atom stereocenters. The fourth-order valence-electron chi connectivity index (χ4n) is 2.18. The van der Waals surface area contributed by atoms with Gasteiger partial charge in [-0.2, -0.15) is 4.99 Å².